The fourth-order valence-corrected chi connectivity index (χ4v) is 6.04. The van der Waals surface area contributed by atoms with Gasteiger partial charge in [0, 0.05) is 36.2 Å². The van der Waals surface area contributed by atoms with Crippen molar-refractivity contribution in [3.8, 4) is 11.5 Å². The number of para-hydroxylation sites is 1. The summed E-state index contributed by atoms with van der Waals surface area (Å²) in [6.07, 6.45) is 0. The van der Waals surface area contributed by atoms with Gasteiger partial charge in [0.05, 0.1) is 24.9 Å². The third-order valence-corrected chi connectivity index (χ3v) is 8.10. The number of fused-ring (bicyclic) bond motifs is 1. The van der Waals surface area contributed by atoms with E-state index in [9.17, 15) is 13.2 Å². The average molecular weight is 522 g/mol. The Balaban J connectivity index is 1.42. The second kappa shape index (κ2) is 11.4. The van der Waals surface area contributed by atoms with E-state index in [1.807, 2.05) is 72.2 Å². The van der Waals surface area contributed by atoms with Gasteiger partial charge in [0.2, 0.25) is 0 Å². The number of sulfone groups is 1. The van der Waals surface area contributed by atoms with Crippen LogP contribution < -0.4 is 20.1 Å². The van der Waals surface area contributed by atoms with E-state index in [2.05, 4.69) is 10.6 Å². The first-order chi connectivity index (χ1) is 17.8. The molecule has 0 spiro atoms. The number of ether oxygens (including phenoxy) is 2. The molecular weight excluding hydrogens is 490 g/mol. The molecule has 0 unspecified atom stereocenters. The van der Waals surface area contributed by atoms with Crippen molar-refractivity contribution < 1.29 is 22.7 Å². The second-order valence-electron chi connectivity index (χ2n) is 8.62. The zero-order valence-corrected chi connectivity index (χ0v) is 22.0. The molecule has 0 saturated heterocycles. The summed E-state index contributed by atoms with van der Waals surface area (Å²) in [5, 5.41) is 6.08. The van der Waals surface area contributed by atoms with Crippen molar-refractivity contribution >= 4 is 26.8 Å². The van der Waals surface area contributed by atoms with Crippen molar-refractivity contribution in [3.05, 3.63) is 89.6 Å². The summed E-state index contributed by atoms with van der Waals surface area (Å²) >= 11 is 0. The molecule has 4 rings (SSSR count). The fraction of sp³-hybridized carbons (Fsp3) is 0.250. The van der Waals surface area contributed by atoms with E-state index in [0.29, 0.717) is 34.0 Å². The Kier molecular flexibility index (Phi) is 8.03. The molecule has 3 aromatic carbocycles. The molecule has 0 atom stereocenters. The monoisotopic (exact) mass is 521 g/mol. The van der Waals surface area contributed by atoms with E-state index in [0.717, 1.165) is 16.6 Å². The molecule has 0 radical (unpaired) electrons. The van der Waals surface area contributed by atoms with E-state index >= 15 is 0 Å². The number of methoxy groups -OCH3 is 2. The summed E-state index contributed by atoms with van der Waals surface area (Å²) in [6.45, 7) is 2.64. The number of carbonyl (C=O) groups is 1. The van der Waals surface area contributed by atoms with Crippen molar-refractivity contribution in [2.75, 3.05) is 26.5 Å². The predicted molar refractivity (Wildman–Crippen MR) is 144 cm³/mol. The Bertz CT molecular complexity index is 1500. The number of hydrogen-bond acceptors (Lipinski definition) is 5. The lowest BCUT2D eigenvalue weighted by Gasteiger charge is -2.11. The number of rotatable bonds is 10. The van der Waals surface area contributed by atoms with Crippen LogP contribution >= 0.6 is 0 Å². The summed E-state index contributed by atoms with van der Waals surface area (Å²) in [4.78, 5) is 12.6. The number of benzene rings is 3. The molecule has 0 aliphatic carbocycles. The van der Waals surface area contributed by atoms with Crippen LogP contribution in [0.15, 0.2) is 77.7 Å². The molecule has 2 amide bonds. The van der Waals surface area contributed by atoms with E-state index < -0.39 is 15.9 Å². The van der Waals surface area contributed by atoms with Crippen LogP contribution in [-0.2, 0) is 22.9 Å². The first-order valence-corrected chi connectivity index (χ1v) is 13.6. The zero-order valence-electron chi connectivity index (χ0n) is 21.2. The van der Waals surface area contributed by atoms with Crippen molar-refractivity contribution in [1.29, 1.82) is 0 Å². The van der Waals surface area contributed by atoms with Gasteiger partial charge in [-0.2, -0.15) is 0 Å². The summed E-state index contributed by atoms with van der Waals surface area (Å²) < 4.78 is 39.4. The van der Waals surface area contributed by atoms with Gasteiger partial charge in [-0.1, -0.05) is 54.6 Å². The highest BCUT2D eigenvalue weighted by molar-refractivity contribution is 7.91. The average Bonchev–Trinajstić information content (AvgIpc) is 3.19. The maximum absolute atomic E-state index is 13.4. The maximum atomic E-state index is 13.4. The lowest BCUT2D eigenvalue weighted by Crippen LogP contribution is -2.37. The molecule has 194 valence electrons. The largest absolute Gasteiger partial charge is 0.493 e. The number of aromatic nitrogens is 1. The van der Waals surface area contributed by atoms with Crippen LogP contribution in [0.4, 0.5) is 4.79 Å². The normalized spacial score (nSPS) is 11.3. The summed E-state index contributed by atoms with van der Waals surface area (Å²) in [7, 11) is -0.562. The van der Waals surface area contributed by atoms with Crippen LogP contribution in [0.2, 0.25) is 0 Å². The third kappa shape index (κ3) is 5.89. The lowest BCUT2D eigenvalue weighted by molar-refractivity contribution is 0.241. The van der Waals surface area contributed by atoms with Crippen molar-refractivity contribution in [3.63, 3.8) is 0 Å². The Morgan fingerprint density at radius 2 is 1.57 bits per heavy atom. The Labute approximate surface area is 217 Å². The van der Waals surface area contributed by atoms with Gasteiger partial charge in [0.1, 0.15) is 0 Å². The van der Waals surface area contributed by atoms with E-state index in [1.165, 1.54) is 0 Å². The smallest absolute Gasteiger partial charge is 0.315 e. The SMILES string of the molecule is COc1ccc(CNC(=O)NCCS(=O)(=O)c2c(C)n(Cc3ccccc3)c3ccccc23)cc1OC. The quantitative estimate of drug-likeness (QED) is 0.324. The highest BCUT2D eigenvalue weighted by Crippen LogP contribution is 2.31. The van der Waals surface area contributed by atoms with Crippen LogP contribution in [0.25, 0.3) is 10.9 Å². The van der Waals surface area contributed by atoms with Gasteiger partial charge in [-0.15, -0.1) is 0 Å². The molecule has 0 aliphatic rings. The van der Waals surface area contributed by atoms with E-state index in [-0.39, 0.29) is 18.8 Å². The van der Waals surface area contributed by atoms with Gasteiger partial charge >= 0.3 is 6.03 Å². The van der Waals surface area contributed by atoms with Gasteiger partial charge in [0.25, 0.3) is 0 Å². The van der Waals surface area contributed by atoms with Crippen molar-refractivity contribution in [1.82, 2.24) is 15.2 Å². The first-order valence-electron chi connectivity index (χ1n) is 11.9. The number of urea groups is 1. The molecule has 1 aromatic heterocycles. The standard InChI is InChI=1S/C28H31N3O5S/c1-20-27(23-11-7-8-12-24(23)31(20)19-21-9-5-4-6-10-21)37(33,34)16-15-29-28(32)30-18-22-13-14-25(35-2)26(17-22)36-3/h4-14,17H,15-16,18-19H2,1-3H3,(H2,29,30,32). The summed E-state index contributed by atoms with van der Waals surface area (Å²) in [6, 6.07) is 22.4. The summed E-state index contributed by atoms with van der Waals surface area (Å²) in [5.41, 5.74) is 3.45. The molecule has 1 heterocycles. The molecule has 9 heteroatoms. The molecule has 2 N–H and O–H groups in total. The van der Waals surface area contributed by atoms with E-state index in [1.54, 1.807) is 26.4 Å². The first kappa shape index (κ1) is 26.1. The molecule has 0 fully saturated rings. The number of hydrogen-bond donors (Lipinski definition) is 2. The minimum absolute atomic E-state index is 0.0161. The number of nitrogens with one attached hydrogen (secondary N) is 2. The maximum Gasteiger partial charge on any atom is 0.315 e. The fourth-order valence-electron chi connectivity index (χ4n) is 4.40. The van der Waals surface area contributed by atoms with Crippen LogP contribution in [0.5, 0.6) is 11.5 Å². The highest BCUT2D eigenvalue weighted by Gasteiger charge is 2.25. The highest BCUT2D eigenvalue weighted by atomic mass is 32.2. The van der Waals surface area contributed by atoms with Gasteiger partial charge < -0.3 is 24.7 Å². The van der Waals surface area contributed by atoms with Crippen LogP contribution in [0.3, 0.4) is 0 Å². The minimum Gasteiger partial charge on any atom is -0.493 e. The Morgan fingerprint density at radius 3 is 2.30 bits per heavy atom. The van der Waals surface area contributed by atoms with Gasteiger partial charge in [-0.25, -0.2) is 13.2 Å². The molecule has 8 nitrogen and oxygen atoms in total. The van der Waals surface area contributed by atoms with Crippen LogP contribution in [0, 0.1) is 6.92 Å². The van der Waals surface area contributed by atoms with Crippen molar-refractivity contribution in [2.24, 2.45) is 0 Å². The molecule has 4 aromatic rings. The molecule has 0 saturated carbocycles. The molecule has 0 aliphatic heterocycles. The Hall–Kier alpha value is -3.98. The minimum atomic E-state index is -3.66. The number of carbonyl (C=O) groups excluding carboxylic acids is 1. The molecule has 0 bridgehead atoms. The molecule has 37 heavy (non-hydrogen) atoms. The Morgan fingerprint density at radius 1 is 0.865 bits per heavy atom. The van der Waals surface area contributed by atoms with Crippen molar-refractivity contribution in [2.45, 2.75) is 24.9 Å². The zero-order chi connectivity index (χ0) is 26.4. The van der Waals surface area contributed by atoms with Crippen LogP contribution in [-0.4, -0.2) is 45.5 Å². The van der Waals surface area contributed by atoms with Gasteiger partial charge in [-0.05, 0) is 36.2 Å². The molecular formula is C28H31N3O5S. The van der Waals surface area contributed by atoms with Crippen LogP contribution in [0.1, 0.15) is 16.8 Å². The lowest BCUT2D eigenvalue weighted by atomic mass is 10.2. The van der Waals surface area contributed by atoms with Gasteiger partial charge in [-0.3, -0.25) is 0 Å². The number of nitrogens with zero attached hydrogens (tertiary/aromatic N) is 1. The van der Waals surface area contributed by atoms with E-state index in [4.69, 9.17) is 9.47 Å². The number of amides is 2. The summed E-state index contributed by atoms with van der Waals surface area (Å²) in [5.74, 6) is 0.952. The topological polar surface area (TPSA) is 98.7 Å². The second-order valence-corrected chi connectivity index (χ2v) is 10.7. The van der Waals surface area contributed by atoms with Gasteiger partial charge in [0.15, 0.2) is 21.3 Å². The predicted octanol–water partition coefficient (Wildman–Crippen LogP) is 4.29. The third-order valence-electron chi connectivity index (χ3n) is 6.22.